The number of nitrogens with one attached hydrogen (secondary N) is 1. The van der Waals surface area contributed by atoms with Crippen LogP contribution in [0.1, 0.15) is 22.9 Å². The number of aryl methyl sites for hydroxylation is 1. The van der Waals surface area contributed by atoms with E-state index >= 15 is 0 Å². The zero-order chi connectivity index (χ0) is 14.3. The fourth-order valence-electron chi connectivity index (χ4n) is 2.42. The van der Waals surface area contributed by atoms with Gasteiger partial charge < -0.3 is 5.32 Å². The molecule has 0 saturated carbocycles. The summed E-state index contributed by atoms with van der Waals surface area (Å²) in [5.41, 5.74) is 2.12. The molecule has 0 bridgehead atoms. The van der Waals surface area contributed by atoms with Gasteiger partial charge in [0.25, 0.3) is 0 Å². The lowest BCUT2D eigenvalue weighted by molar-refractivity contribution is 0.598. The van der Waals surface area contributed by atoms with E-state index in [1.54, 1.807) is 23.5 Å². The van der Waals surface area contributed by atoms with Crippen molar-refractivity contribution in [1.29, 1.82) is 0 Å². The molecule has 1 aliphatic carbocycles. The van der Waals surface area contributed by atoms with E-state index in [9.17, 15) is 8.42 Å². The molecule has 1 unspecified atom stereocenters. The van der Waals surface area contributed by atoms with Crippen molar-refractivity contribution < 1.29 is 8.42 Å². The van der Waals surface area contributed by atoms with E-state index in [1.807, 2.05) is 6.07 Å². The molecule has 7 heteroatoms. The molecule has 106 valence electrons. The van der Waals surface area contributed by atoms with Crippen molar-refractivity contribution in [1.82, 2.24) is 0 Å². The Morgan fingerprint density at radius 1 is 1.30 bits per heavy atom. The molecule has 0 saturated heterocycles. The summed E-state index contributed by atoms with van der Waals surface area (Å²) in [4.78, 5) is 1.45. The normalized spacial score (nSPS) is 18.0. The van der Waals surface area contributed by atoms with E-state index in [1.165, 1.54) is 22.6 Å². The Kier molecular flexibility index (Phi) is 3.50. The fourth-order valence-corrected chi connectivity index (χ4v) is 4.29. The number of benzene rings is 1. The van der Waals surface area contributed by atoms with Gasteiger partial charge >= 0.3 is 0 Å². The van der Waals surface area contributed by atoms with E-state index in [2.05, 4.69) is 5.32 Å². The second kappa shape index (κ2) is 5.04. The van der Waals surface area contributed by atoms with Crippen LogP contribution in [-0.2, 0) is 16.4 Å². The maximum atomic E-state index is 11.2. The molecule has 1 aliphatic rings. The van der Waals surface area contributed by atoms with Gasteiger partial charge in [0.2, 0.25) is 10.0 Å². The van der Waals surface area contributed by atoms with Crippen LogP contribution in [0.4, 0.5) is 5.69 Å². The first-order valence-corrected chi connectivity index (χ1v) is 8.85. The Morgan fingerprint density at radius 3 is 2.65 bits per heavy atom. The van der Waals surface area contributed by atoms with Gasteiger partial charge in [-0.2, -0.15) is 0 Å². The molecule has 1 atom stereocenters. The number of halogens is 1. The maximum Gasteiger partial charge on any atom is 0.238 e. The van der Waals surface area contributed by atoms with Gasteiger partial charge in [0.05, 0.1) is 15.3 Å². The number of hydrogen-bond acceptors (Lipinski definition) is 4. The quantitative estimate of drug-likeness (QED) is 0.909. The van der Waals surface area contributed by atoms with E-state index in [-0.39, 0.29) is 10.9 Å². The van der Waals surface area contributed by atoms with Gasteiger partial charge in [0.15, 0.2) is 0 Å². The molecule has 0 amide bonds. The molecule has 4 nitrogen and oxygen atoms in total. The fraction of sp³-hybridized carbons (Fsp3) is 0.231. The predicted octanol–water partition coefficient (Wildman–Crippen LogP) is 3.15. The third-order valence-electron chi connectivity index (χ3n) is 3.37. The van der Waals surface area contributed by atoms with Crippen LogP contribution in [0.25, 0.3) is 0 Å². The zero-order valence-electron chi connectivity index (χ0n) is 10.5. The van der Waals surface area contributed by atoms with Gasteiger partial charge in [-0.15, -0.1) is 11.3 Å². The number of hydrogen-bond donors (Lipinski definition) is 2. The minimum absolute atomic E-state index is 0.119. The number of thiophene rings is 1. The molecule has 2 aromatic rings. The number of anilines is 1. The highest BCUT2D eigenvalue weighted by Crippen LogP contribution is 2.40. The Labute approximate surface area is 126 Å². The topological polar surface area (TPSA) is 72.2 Å². The van der Waals surface area contributed by atoms with Crippen molar-refractivity contribution in [3.05, 3.63) is 45.1 Å². The molecule has 3 rings (SSSR count). The van der Waals surface area contributed by atoms with Gasteiger partial charge in [-0.25, -0.2) is 13.6 Å². The molecule has 1 heterocycles. The summed E-state index contributed by atoms with van der Waals surface area (Å²) in [6.07, 6.45) is 2.05. The molecule has 20 heavy (non-hydrogen) atoms. The van der Waals surface area contributed by atoms with Crippen LogP contribution < -0.4 is 10.5 Å². The summed E-state index contributed by atoms with van der Waals surface area (Å²) in [6.45, 7) is 0. The molecule has 0 fully saturated rings. The van der Waals surface area contributed by atoms with Crippen molar-refractivity contribution in [2.24, 2.45) is 5.14 Å². The minimum atomic E-state index is -3.64. The zero-order valence-corrected chi connectivity index (χ0v) is 12.9. The highest BCUT2D eigenvalue weighted by molar-refractivity contribution is 7.89. The van der Waals surface area contributed by atoms with Gasteiger partial charge in [-0.3, -0.25) is 0 Å². The van der Waals surface area contributed by atoms with Crippen LogP contribution in [0.5, 0.6) is 0 Å². The highest BCUT2D eigenvalue weighted by atomic mass is 35.5. The van der Waals surface area contributed by atoms with Crippen LogP contribution in [0.15, 0.2) is 35.2 Å². The van der Waals surface area contributed by atoms with Crippen LogP contribution in [0.2, 0.25) is 4.34 Å². The van der Waals surface area contributed by atoms with Gasteiger partial charge in [-0.05, 0) is 48.7 Å². The molecule has 0 radical (unpaired) electrons. The largest absolute Gasteiger partial charge is 0.378 e. The molecular weight excluding hydrogens is 316 g/mol. The summed E-state index contributed by atoms with van der Waals surface area (Å²) in [6, 6.07) is 8.71. The highest BCUT2D eigenvalue weighted by Gasteiger charge is 2.24. The Morgan fingerprint density at radius 2 is 2.00 bits per heavy atom. The predicted molar refractivity (Wildman–Crippen MR) is 81.8 cm³/mol. The second-order valence-corrected chi connectivity index (χ2v) is 8.06. The van der Waals surface area contributed by atoms with Gasteiger partial charge in [0.1, 0.15) is 0 Å². The van der Waals surface area contributed by atoms with Crippen molar-refractivity contribution in [2.45, 2.75) is 23.8 Å². The molecule has 0 spiro atoms. The number of sulfonamides is 1. The van der Waals surface area contributed by atoms with E-state index in [0.717, 1.165) is 22.9 Å². The summed E-state index contributed by atoms with van der Waals surface area (Å²) < 4.78 is 23.2. The van der Waals surface area contributed by atoms with Crippen molar-refractivity contribution >= 4 is 38.6 Å². The number of nitrogens with two attached hydrogens (primary N) is 1. The maximum absolute atomic E-state index is 11.2. The third kappa shape index (κ3) is 2.69. The molecule has 1 aromatic carbocycles. The first-order chi connectivity index (χ1) is 9.43. The number of primary sulfonamides is 1. The lowest BCUT2D eigenvalue weighted by Crippen LogP contribution is -2.12. The van der Waals surface area contributed by atoms with Crippen LogP contribution in [0.3, 0.4) is 0 Å². The van der Waals surface area contributed by atoms with Crippen LogP contribution in [0, 0.1) is 0 Å². The Hall–Kier alpha value is -1.08. The molecule has 3 N–H and O–H groups in total. The lowest BCUT2D eigenvalue weighted by Gasteiger charge is -2.14. The summed E-state index contributed by atoms with van der Waals surface area (Å²) >= 11 is 7.65. The second-order valence-electron chi connectivity index (χ2n) is 4.73. The molecule has 1 aromatic heterocycles. The van der Waals surface area contributed by atoms with Gasteiger partial charge in [0, 0.05) is 10.6 Å². The third-order valence-corrected chi connectivity index (χ3v) is 5.64. The van der Waals surface area contributed by atoms with Gasteiger partial charge in [-0.1, -0.05) is 11.6 Å². The summed E-state index contributed by atoms with van der Waals surface area (Å²) in [7, 11) is -3.64. The number of rotatable bonds is 3. The van der Waals surface area contributed by atoms with E-state index in [4.69, 9.17) is 16.7 Å². The monoisotopic (exact) mass is 328 g/mol. The smallest absolute Gasteiger partial charge is 0.238 e. The average molecular weight is 329 g/mol. The van der Waals surface area contributed by atoms with Crippen molar-refractivity contribution in [2.75, 3.05) is 5.32 Å². The summed E-state index contributed by atoms with van der Waals surface area (Å²) in [5, 5.41) is 8.48. The Balaban J connectivity index is 1.79. The standard InChI is InChI=1S/C13H13ClN2O2S2/c14-13-7-10-11(5-6-12(10)19-13)16-8-1-3-9(4-2-8)20(15,17)18/h1-4,7,11,16H,5-6H2,(H2,15,17,18). The average Bonchev–Trinajstić information content (AvgIpc) is 2.90. The van der Waals surface area contributed by atoms with Crippen LogP contribution in [-0.4, -0.2) is 8.42 Å². The minimum Gasteiger partial charge on any atom is -0.378 e. The van der Waals surface area contributed by atoms with Crippen LogP contribution >= 0.6 is 22.9 Å². The molecular formula is C13H13ClN2O2S2. The molecule has 0 aliphatic heterocycles. The first kappa shape index (κ1) is 13.9. The van der Waals surface area contributed by atoms with Crippen molar-refractivity contribution in [3.8, 4) is 0 Å². The first-order valence-electron chi connectivity index (χ1n) is 6.11. The van der Waals surface area contributed by atoms with E-state index < -0.39 is 10.0 Å². The lowest BCUT2D eigenvalue weighted by atomic mass is 10.1. The SMILES string of the molecule is NS(=O)(=O)c1ccc(NC2CCc3sc(Cl)cc32)cc1. The van der Waals surface area contributed by atoms with Crippen molar-refractivity contribution in [3.63, 3.8) is 0 Å². The Bertz CT molecular complexity index is 738. The number of fused-ring (bicyclic) bond motifs is 1. The summed E-state index contributed by atoms with van der Waals surface area (Å²) in [5.74, 6) is 0. The van der Waals surface area contributed by atoms with E-state index in [0.29, 0.717) is 0 Å².